The minimum Gasteiger partial charge on any atom is -0.463 e. The first kappa shape index (κ1) is 82.6. The van der Waals surface area contributed by atoms with Crippen molar-refractivity contribution in [2.24, 2.45) is 0 Å². The number of aromatic nitrogens is 4. The highest BCUT2D eigenvalue weighted by atomic mass is 32.2. The highest BCUT2D eigenvalue weighted by molar-refractivity contribution is 7.99. The van der Waals surface area contributed by atoms with E-state index in [-0.39, 0.29) is 35.0 Å². The third-order valence-corrected chi connectivity index (χ3v) is 15.0. The first-order valence-electron chi connectivity index (χ1n) is 30.4. The van der Waals surface area contributed by atoms with Gasteiger partial charge < -0.3 is 104 Å². The molecule has 4 saturated heterocycles. The minimum atomic E-state index is -1.92. The molecule has 100 heavy (non-hydrogen) atoms. The Labute approximate surface area is 578 Å². The zero-order valence-electron chi connectivity index (χ0n) is 56.5. The van der Waals surface area contributed by atoms with Crippen molar-refractivity contribution in [3.05, 3.63) is 0 Å². The zero-order chi connectivity index (χ0) is 74.2. The predicted octanol–water partition coefficient (Wildman–Crippen LogP) is -1.28. The Bertz CT molecular complexity index is 2860. The van der Waals surface area contributed by atoms with E-state index in [0.29, 0.717) is 0 Å². The molecule has 1 aromatic rings. The van der Waals surface area contributed by atoms with Crippen LogP contribution >= 0.6 is 23.5 Å². The standard InChI is InChI=1S/C58H78N4O36S2/c1-23(63)79-19-37-41(83-27(5)67)45(85-29(7)69)51(91-35(13)75)55(95-37)97-43-39(21-81-25(3)65)93-53(49(89-33(11)73)47(43)87-31(9)71)77-15-17-99-57-59-61-58(62-60-57)100-18-16-78-54-50(90-34(12)74)48(88-32(10)72)44(40(94-54)22-82-26(4)66)98-56-52(92-36(14)76)46(86-30(8)70)42(84-28(6)68)38(96-56)20-80-24(2)64/h37-56H,15-22H2,1-14H3/t37-,38-,39-,40-,41+,42+,43-,44-,45+,46+,47+,48+,49-,50-,51-,52-,53-,54-,55+,56+/m1/s1. The lowest BCUT2D eigenvalue weighted by Gasteiger charge is -2.48. The van der Waals surface area contributed by atoms with Crippen LogP contribution in [0.5, 0.6) is 0 Å². The van der Waals surface area contributed by atoms with Gasteiger partial charge in [0.1, 0.15) is 63.1 Å². The lowest BCUT2D eigenvalue weighted by molar-refractivity contribution is -0.360. The summed E-state index contributed by atoms with van der Waals surface area (Å²) in [5.41, 5.74) is 0. The molecule has 0 bridgehead atoms. The molecular formula is C58H78N4O36S2. The number of esters is 14. The summed E-state index contributed by atoms with van der Waals surface area (Å²) >= 11 is 1.92. The molecule has 558 valence electrons. The highest BCUT2D eigenvalue weighted by Gasteiger charge is 2.60. The Balaban J connectivity index is 1.33. The summed E-state index contributed by atoms with van der Waals surface area (Å²) in [6.07, 6.45) is -33.8. The summed E-state index contributed by atoms with van der Waals surface area (Å²) in [6, 6.07) is 0. The molecule has 0 spiro atoms. The molecule has 0 unspecified atom stereocenters. The number of thioether (sulfide) groups is 2. The second kappa shape index (κ2) is 39.8. The zero-order valence-corrected chi connectivity index (χ0v) is 58.1. The predicted molar refractivity (Wildman–Crippen MR) is 317 cm³/mol. The van der Waals surface area contributed by atoms with Crippen LogP contribution in [-0.2, 0) is 171 Å². The monoisotopic (exact) mass is 1470 g/mol. The van der Waals surface area contributed by atoms with Gasteiger partial charge in [0.05, 0.1) is 13.2 Å². The molecule has 0 saturated carbocycles. The Morgan fingerprint density at radius 1 is 0.270 bits per heavy atom. The van der Waals surface area contributed by atoms with E-state index >= 15 is 0 Å². The Morgan fingerprint density at radius 3 is 0.710 bits per heavy atom. The number of nitrogens with zero attached hydrogens (tertiary/aromatic N) is 4. The van der Waals surface area contributed by atoms with E-state index < -0.39 is 233 Å². The van der Waals surface area contributed by atoms with E-state index in [1.165, 1.54) is 0 Å². The molecule has 0 N–H and O–H groups in total. The summed E-state index contributed by atoms with van der Waals surface area (Å²) in [4.78, 5) is 175. The van der Waals surface area contributed by atoms with Crippen LogP contribution in [0.1, 0.15) is 96.9 Å². The summed E-state index contributed by atoms with van der Waals surface area (Å²) in [7, 11) is 0. The molecule has 5 rings (SSSR count). The molecule has 1 aromatic heterocycles. The number of hydrogen-bond donors (Lipinski definition) is 0. The Hall–Kier alpha value is -8.10. The van der Waals surface area contributed by atoms with Crippen LogP contribution in [0.25, 0.3) is 0 Å². The third kappa shape index (κ3) is 26.4. The molecular weight excluding hydrogens is 1390 g/mol. The summed E-state index contributed by atoms with van der Waals surface area (Å²) < 4.78 is 126. The van der Waals surface area contributed by atoms with Crippen LogP contribution in [0.4, 0.5) is 0 Å². The maximum absolute atomic E-state index is 12.9. The molecule has 0 aliphatic carbocycles. The number of carbonyl (C=O) groups is 14. The number of ether oxygens (including phenoxy) is 22. The number of rotatable bonds is 32. The van der Waals surface area contributed by atoms with Crippen LogP contribution in [0, 0.1) is 0 Å². The fourth-order valence-electron chi connectivity index (χ4n) is 10.1. The van der Waals surface area contributed by atoms with Gasteiger partial charge in [-0.1, -0.05) is 23.5 Å². The lowest BCUT2D eigenvalue weighted by Crippen LogP contribution is -2.67. The smallest absolute Gasteiger partial charge is 0.303 e. The van der Waals surface area contributed by atoms with Gasteiger partial charge >= 0.3 is 83.6 Å². The van der Waals surface area contributed by atoms with Crippen LogP contribution in [0.2, 0.25) is 0 Å². The molecule has 40 nitrogen and oxygen atoms in total. The van der Waals surface area contributed by atoms with Crippen molar-refractivity contribution in [2.45, 2.75) is 230 Å². The summed E-state index contributed by atoms with van der Waals surface area (Å²) in [5.74, 6) is -12.9. The molecule has 42 heteroatoms. The van der Waals surface area contributed by atoms with Crippen molar-refractivity contribution in [3.63, 3.8) is 0 Å². The number of carbonyl (C=O) groups excluding carboxylic acids is 14. The van der Waals surface area contributed by atoms with Crippen LogP contribution in [0.3, 0.4) is 0 Å². The van der Waals surface area contributed by atoms with Gasteiger partial charge in [0, 0.05) is 108 Å². The van der Waals surface area contributed by atoms with E-state index in [1.807, 2.05) is 0 Å². The number of hydrogen-bond acceptors (Lipinski definition) is 42. The van der Waals surface area contributed by atoms with Crippen molar-refractivity contribution >= 4 is 107 Å². The maximum Gasteiger partial charge on any atom is 0.303 e. The molecule has 4 fully saturated rings. The summed E-state index contributed by atoms with van der Waals surface area (Å²) in [5, 5.41) is 16.4. The van der Waals surface area contributed by atoms with E-state index in [1.54, 1.807) is 0 Å². The van der Waals surface area contributed by atoms with Gasteiger partial charge in [-0.05, 0) is 0 Å². The van der Waals surface area contributed by atoms with Gasteiger partial charge in [-0.2, -0.15) is 0 Å². The van der Waals surface area contributed by atoms with Crippen LogP contribution in [-0.4, -0.2) is 278 Å². The van der Waals surface area contributed by atoms with Crippen molar-refractivity contribution in [1.82, 2.24) is 20.4 Å². The molecule has 4 aliphatic heterocycles. The Kier molecular flexibility index (Phi) is 32.8. The molecule has 0 aromatic carbocycles. The average Bonchev–Trinajstić information content (AvgIpc) is 0.773. The van der Waals surface area contributed by atoms with Gasteiger partial charge in [-0.25, -0.2) is 0 Å². The van der Waals surface area contributed by atoms with Gasteiger partial charge in [-0.3, -0.25) is 67.1 Å². The van der Waals surface area contributed by atoms with Gasteiger partial charge in [0.15, 0.2) is 86.2 Å². The minimum absolute atomic E-state index is 0.000168. The SMILES string of the molecule is CC(=O)OC[C@H]1O[C@@H](O[C@H]2[C@H](OC(C)=O)[C@@H](OC(C)=O)[C@H](OCCSc3nnc(SCCO[C@@H]4O[C@H](COC(C)=O)[C@@H](O[C@@H]5O[C@H](COC(C)=O)[C@H](OC(C)=O)[C@H](OC(C)=O)[C@H]5OC(C)=O)[C@H](OC(C)=O)[C@H]4OC(C)=O)nn3)O[C@@H]2COC(C)=O)[C@H](OC(C)=O)[C@@H](OC(C)=O)[C@H]1OC(C)=O. The van der Waals surface area contributed by atoms with Crippen molar-refractivity contribution in [3.8, 4) is 0 Å². The van der Waals surface area contributed by atoms with E-state index in [9.17, 15) is 67.1 Å². The second-order valence-corrected chi connectivity index (χ2v) is 23.9. The van der Waals surface area contributed by atoms with Crippen molar-refractivity contribution in [1.29, 1.82) is 0 Å². The molecule has 4 aliphatic rings. The molecule has 20 atom stereocenters. The van der Waals surface area contributed by atoms with Crippen LogP contribution < -0.4 is 0 Å². The van der Waals surface area contributed by atoms with E-state index in [4.69, 9.17) is 104 Å². The fraction of sp³-hybridized carbons (Fsp3) is 0.724. The van der Waals surface area contributed by atoms with E-state index in [0.717, 1.165) is 120 Å². The lowest BCUT2D eigenvalue weighted by atomic mass is 9.96. The van der Waals surface area contributed by atoms with Gasteiger partial charge in [-0.15, -0.1) is 20.4 Å². The van der Waals surface area contributed by atoms with Crippen LogP contribution in [0.15, 0.2) is 10.3 Å². The third-order valence-electron chi connectivity index (χ3n) is 13.4. The average molecular weight is 1470 g/mol. The molecule has 0 radical (unpaired) electrons. The quantitative estimate of drug-likeness (QED) is 0.0351. The normalized spacial score (nSPS) is 29.3. The first-order chi connectivity index (χ1) is 47.1. The van der Waals surface area contributed by atoms with Gasteiger partial charge in [0.2, 0.25) is 10.3 Å². The molecule has 0 amide bonds. The topological polar surface area (TPSA) is 494 Å². The van der Waals surface area contributed by atoms with Crippen molar-refractivity contribution in [2.75, 3.05) is 51.1 Å². The van der Waals surface area contributed by atoms with E-state index in [2.05, 4.69) is 20.4 Å². The van der Waals surface area contributed by atoms with Crippen molar-refractivity contribution < 1.29 is 171 Å². The summed E-state index contributed by atoms with van der Waals surface area (Å²) in [6.45, 7) is 11.0. The molecule has 5 heterocycles. The second-order valence-electron chi connectivity index (χ2n) is 21.7. The maximum atomic E-state index is 12.9. The Morgan fingerprint density at radius 2 is 0.470 bits per heavy atom. The van der Waals surface area contributed by atoms with Gasteiger partial charge in [0.25, 0.3) is 0 Å². The first-order valence-corrected chi connectivity index (χ1v) is 32.3. The largest absolute Gasteiger partial charge is 0.463 e. The highest BCUT2D eigenvalue weighted by Crippen LogP contribution is 2.38. The fourth-order valence-corrected chi connectivity index (χ4v) is 11.3.